The van der Waals surface area contributed by atoms with Gasteiger partial charge in [0.15, 0.2) is 5.75 Å². The Kier molecular flexibility index (Phi) is 9.68. The first-order valence-corrected chi connectivity index (χ1v) is 13.1. The quantitative estimate of drug-likeness (QED) is 0.200. The number of benzene rings is 4. The van der Waals surface area contributed by atoms with Crippen molar-refractivity contribution in [3.63, 3.8) is 0 Å². The number of urea groups is 1. The highest BCUT2D eigenvalue weighted by atomic mass is 32.2. The number of anilines is 2. The van der Waals surface area contributed by atoms with Crippen LogP contribution in [0.1, 0.15) is 5.56 Å². The Morgan fingerprint density at radius 2 is 1.46 bits per heavy atom. The predicted octanol–water partition coefficient (Wildman–Crippen LogP) is 6.04. The van der Waals surface area contributed by atoms with Gasteiger partial charge in [-0.1, -0.05) is 60.7 Å². The van der Waals surface area contributed by atoms with Gasteiger partial charge in [0.2, 0.25) is 5.91 Å². The van der Waals surface area contributed by atoms with Crippen molar-refractivity contribution in [3.8, 4) is 17.2 Å². The highest BCUT2D eigenvalue weighted by Gasteiger charge is 2.25. The van der Waals surface area contributed by atoms with Crippen LogP contribution < -0.4 is 29.1 Å². The van der Waals surface area contributed by atoms with Gasteiger partial charge in [-0.2, -0.15) is 0 Å². The Morgan fingerprint density at radius 1 is 0.821 bits per heavy atom. The van der Waals surface area contributed by atoms with E-state index in [2.05, 4.69) is 14.8 Å². The number of carbonyl (C=O) groups excluding carboxylic acids is 2. The predicted molar refractivity (Wildman–Crippen MR) is 156 cm³/mol. The summed E-state index contributed by atoms with van der Waals surface area (Å²) in [7, 11) is 3.27. The zero-order valence-corrected chi connectivity index (χ0v) is 22.5. The number of nitrogens with one attached hydrogen (secondary N) is 3. The van der Waals surface area contributed by atoms with Gasteiger partial charge in [-0.25, -0.2) is 4.79 Å². The van der Waals surface area contributed by atoms with Crippen molar-refractivity contribution in [1.29, 1.82) is 0 Å². The molecule has 1 unspecified atom stereocenters. The van der Waals surface area contributed by atoms with E-state index < -0.39 is 12.1 Å². The Balaban J connectivity index is 1.39. The number of nitrogens with zero attached hydrogens (tertiary/aromatic N) is 1. The van der Waals surface area contributed by atoms with Crippen LogP contribution in [0.2, 0.25) is 0 Å². The van der Waals surface area contributed by atoms with Gasteiger partial charge < -0.3 is 24.4 Å². The molecule has 0 saturated heterocycles. The number of likely N-dealkylation sites (N-methyl/N-ethyl adjacent to an activating group) is 1. The van der Waals surface area contributed by atoms with Crippen molar-refractivity contribution in [2.24, 2.45) is 0 Å². The first-order chi connectivity index (χ1) is 19.0. The van der Waals surface area contributed by atoms with Gasteiger partial charge in [0.25, 0.3) is 0 Å². The van der Waals surface area contributed by atoms with Crippen LogP contribution in [-0.4, -0.2) is 32.1 Å². The van der Waals surface area contributed by atoms with E-state index in [0.29, 0.717) is 35.0 Å². The minimum atomic E-state index is -0.797. The van der Waals surface area contributed by atoms with Crippen LogP contribution in [0.25, 0.3) is 0 Å². The van der Waals surface area contributed by atoms with Gasteiger partial charge in [-0.15, -0.1) is 0 Å². The molecule has 1 atom stereocenters. The normalized spacial score (nSPS) is 11.1. The van der Waals surface area contributed by atoms with Crippen LogP contribution in [0, 0.1) is 0 Å². The number of methoxy groups -OCH3 is 1. The molecular weight excluding hydrogens is 512 g/mol. The lowest BCUT2D eigenvalue weighted by atomic mass is 10.0. The fourth-order valence-corrected chi connectivity index (χ4v) is 4.27. The molecule has 4 aromatic rings. The third-order valence-electron chi connectivity index (χ3n) is 5.84. The van der Waals surface area contributed by atoms with Crippen LogP contribution in [-0.2, 0) is 11.2 Å². The van der Waals surface area contributed by atoms with Crippen LogP contribution >= 0.6 is 12.1 Å². The second-order valence-corrected chi connectivity index (χ2v) is 9.14. The molecule has 200 valence electrons. The molecule has 3 N–H and O–H groups in total. The maximum atomic E-state index is 13.5. The maximum Gasteiger partial charge on any atom is 0.326 e. The molecule has 0 heterocycles. The number of ether oxygens (including phenoxy) is 2. The number of rotatable bonds is 11. The topological polar surface area (TPSA) is 91.9 Å². The largest absolute Gasteiger partial charge is 0.497 e. The molecule has 0 spiro atoms. The third-order valence-corrected chi connectivity index (χ3v) is 6.45. The molecule has 0 aromatic heterocycles. The van der Waals surface area contributed by atoms with Crippen molar-refractivity contribution in [2.75, 3.05) is 23.8 Å². The van der Waals surface area contributed by atoms with Crippen LogP contribution in [0.3, 0.4) is 0 Å². The van der Waals surface area contributed by atoms with Gasteiger partial charge >= 0.3 is 6.03 Å². The first-order valence-electron chi connectivity index (χ1n) is 12.3. The second-order valence-electron chi connectivity index (χ2n) is 8.53. The Labute approximate surface area is 232 Å². The highest BCUT2D eigenvalue weighted by molar-refractivity contribution is 7.99. The zero-order valence-electron chi connectivity index (χ0n) is 21.7. The van der Waals surface area contributed by atoms with E-state index in [1.165, 1.54) is 4.90 Å². The van der Waals surface area contributed by atoms with Crippen molar-refractivity contribution >= 4 is 35.4 Å². The van der Waals surface area contributed by atoms with Crippen LogP contribution in [0.15, 0.2) is 109 Å². The van der Waals surface area contributed by atoms with E-state index in [4.69, 9.17) is 9.47 Å². The lowest BCUT2D eigenvalue weighted by molar-refractivity contribution is -0.120. The fourth-order valence-electron chi connectivity index (χ4n) is 3.79. The molecule has 0 aliphatic carbocycles. The van der Waals surface area contributed by atoms with Gasteiger partial charge in [-0.05, 0) is 54.1 Å². The second kappa shape index (κ2) is 13.8. The molecule has 8 nitrogen and oxygen atoms in total. The molecule has 0 saturated carbocycles. The molecule has 9 heteroatoms. The third kappa shape index (κ3) is 7.93. The number of hydrogen-bond donors (Lipinski definition) is 3. The maximum absolute atomic E-state index is 13.5. The zero-order chi connectivity index (χ0) is 27.5. The van der Waals surface area contributed by atoms with Gasteiger partial charge in [0.05, 0.1) is 24.9 Å². The molecule has 0 aliphatic heterocycles. The Hall–Kier alpha value is -4.63. The molecule has 0 fully saturated rings. The minimum Gasteiger partial charge on any atom is -0.497 e. The Bertz CT molecular complexity index is 1350. The first kappa shape index (κ1) is 27.4. The van der Waals surface area contributed by atoms with Gasteiger partial charge in [-0.3, -0.25) is 9.52 Å². The Morgan fingerprint density at radius 3 is 2.15 bits per heavy atom. The molecule has 4 rings (SSSR count). The molecule has 4 aromatic carbocycles. The van der Waals surface area contributed by atoms with E-state index in [0.717, 1.165) is 17.7 Å². The standard InChI is InChI=1S/C30H30N4O4S/c1-34(23-17-19-24(37-2)20-18-23)29(35)27(21-22-11-5-3-6-12-22)31-30(36)33-39-32-26-15-9-10-16-28(26)38-25-13-7-4-8-14-25/h3-20,27,32H,21H2,1-2H3,(H2,31,33,36). The highest BCUT2D eigenvalue weighted by Crippen LogP contribution is 2.30. The molecule has 39 heavy (non-hydrogen) atoms. The van der Waals surface area contributed by atoms with Crippen LogP contribution in [0.5, 0.6) is 17.2 Å². The molecule has 3 amide bonds. The number of amides is 3. The average molecular weight is 543 g/mol. The SMILES string of the molecule is COc1ccc(N(C)C(=O)C(Cc2ccccc2)NC(=O)NSNc2ccccc2Oc2ccccc2)cc1. The fraction of sp³-hybridized carbons (Fsp3) is 0.133. The van der Waals surface area contributed by atoms with E-state index in [-0.39, 0.29) is 5.91 Å². The summed E-state index contributed by atoms with van der Waals surface area (Å²) in [5, 5.41) is 2.82. The summed E-state index contributed by atoms with van der Waals surface area (Å²) < 4.78 is 16.9. The summed E-state index contributed by atoms with van der Waals surface area (Å²) in [6.07, 6.45) is 0.333. The van der Waals surface area contributed by atoms with Gasteiger partial charge in [0, 0.05) is 19.2 Å². The molecule has 0 radical (unpaired) electrons. The number of para-hydroxylation sites is 3. The molecular formula is C30H30N4O4S. The smallest absolute Gasteiger partial charge is 0.326 e. The average Bonchev–Trinajstić information content (AvgIpc) is 2.98. The number of carbonyl (C=O) groups is 2. The van der Waals surface area contributed by atoms with E-state index >= 15 is 0 Å². The lowest BCUT2D eigenvalue weighted by Gasteiger charge is -2.25. The monoisotopic (exact) mass is 542 g/mol. The summed E-state index contributed by atoms with van der Waals surface area (Å²) in [5.74, 6) is 1.75. The van der Waals surface area contributed by atoms with Gasteiger partial charge in [0.1, 0.15) is 17.5 Å². The van der Waals surface area contributed by atoms with Crippen molar-refractivity contribution in [3.05, 3.63) is 115 Å². The summed E-state index contributed by atoms with van der Waals surface area (Å²) in [6, 6.07) is 32.3. The minimum absolute atomic E-state index is 0.251. The van der Waals surface area contributed by atoms with Crippen molar-refractivity contribution in [2.45, 2.75) is 12.5 Å². The molecule has 0 aliphatic rings. The summed E-state index contributed by atoms with van der Waals surface area (Å²) in [5.41, 5.74) is 2.30. The van der Waals surface area contributed by atoms with E-state index in [1.54, 1.807) is 38.4 Å². The number of hydrogen-bond acceptors (Lipinski definition) is 6. The molecule has 0 bridgehead atoms. The van der Waals surface area contributed by atoms with Crippen molar-refractivity contribution < 1.29 is 19.1 Å². The van der Waals surface area contributed by atoms with E-state index in [9.17, 15) is 9.59 Å². The summed E-state index contributed by atoms with van der Waals surface area (Å²) in [6.45, 7) is 0. The summed E-state index contributed by atoms with van der Waals surface area (Å²) in [4.78, 5) is 27.8. The lowest BCUT2D eigenvalue weighted by Crippen LogP contribution is -2.50. The van der Waals surface area contributed by atoms with Crippen LogP contribution in [0.4, 0.5) is 16.2 Å². The van der Waals surface area contributed by atoms with E-state index in [1.807, 2.05) is 84.9 Å². The van der Waals surface area contributed by atoms with Crippen molar-refractivity contribution in [1.82, 2.24) is 10.0 Å². The summed E-state index contributed by atoms with van der Waals surface area (Å²) >= 11 is 0.977.